The lowest BCUT2D eigenvalue weighted by Crippen LogP contribution is -2.54. The Bertz CT molecular complexity index is 785. The second kappa shape index (κ2) is 6.68. The molecule has 1 aliphatic heterocycles. The Kier molecular flexibility index (Phi) is 4.74. The molecule has 1 heterocycles. The first-order chi connectivity index (χ1) is 11.8. The van der Waals surface area contributed by atoms with Crippen LogP contribution in [0, 0.1) is 5.41 Å². The van der Waals surface area contributed by atoms with Crippen LogP contribution < -0.4 is 10.5 Å². The van der Waals surface area contributed by atoms with Gasteiger partial charge in [-0.2, -0.15) is 0 Å². The van der Waals surface area contributed by atoms with Gasteiger partial charge in [-0.25, -0.2) is 0 Å². The fourth-order valence-corrected chi connectivity index (χ4v) is 3.62. The third-order valence-corrected chi connectivity index (χ3v) is 5.57. The van der Waals surface area contributed by atoms with E-state index in [-0.39, 0.29) is 23.3 Å². The molecule has 0 spiro atoms. The molecule has 1 saturated heterocycles. The summed E-state index contributed by atoms with van der Waals surface area (Å²) >= 11 is 0. The summed E-state index contributed by atoms with van der Waals surface area (Å²) in [5, 5.41) is 2.24. The number of likely N-dealkylation sites (tertiary alicyclic amines) is 1. The average Bonchev–Trinajstić information content (AvgIpc) is 2.61. The molecule has 2 aromatic rings. The molecule has 2 atom stereocenters. The van der Waals surface area contributed by atoms with Gasteiger partial charge in [0.05, 0.1) is 13.0 Å². The van der Waals surface area contributed by atoms with E-state index in [0.717, 1.165) is 41.6 Å². The summed E-state index contributed by atoms with van der Waals surface area (Å²) in [7, 11) is 1.67. The fraction of sp³-hybridized carbons (Fsp3) is 0.476. The molecule has 0 aliphatic carbocycles. The summed E-state index contributed by atoms with van der Waals surface area (Å²) in [5.74, 6) is 0.876. The molecule has 0 saturated carbocycles. The molecule has 0 aromatic heterocycles. The quantitative estimate of drug-likeness (QED) is 0.930. The second-order valence-corrected chi connectivity index (χ2v) is 7.84. The summed E-state index contributed by atoms with van der Waals surface area (Å²) in [6, 6.07) is 12.4. The standard InChI is InChI=1S/C21H28N2O2/c1-14(20(24)23-10-9-19(22)21(2,3)13-23)15-5-6-17-12-18(25-4)8-7-16(17)11-15/h5-8,11-12,14,19H,9-10,13,22H2,1-4H3. The number of carbonyl (C=O) groups is 1. The van der Waals surface area contributed by atoms with Gasteiger partial charge in [-0.1, -0.05) is 38.1 Å². The van der Waals surface area contributed by atoms with Crippen LogP contribution in [-0.4, -0.2) is 37.0 Å². The smallest absolute Gasteiger partial charge is 0.229 e. The molecule has 4 nitrogen and oxygen atoms in total. The van der Waals surface area contributed by atoms with Crippen LogP contribution in [-0.2, 0) is 4.79 Å². The highest BCUT2D eigenvalue weighted by Gasteiger charge is 2.36. The molecule has 2 unspecified atom stereocenters. The van der Waals surface area contributed by atoms with E-state index in [0.29, 0.717) is 0 Å². The number of amides is 1. The highest BCUT2D eigenvalue weighted by atomic mass is 16.5. The molecule has 134 valence electrons. The van der Waals surface area contributed by atoms with Gasteiger partial charge >= 0.3 is 0 Å². The summed E-state index contributed by atoms with van der Waals surface area (Å²) in [6.07, 6.45) is 0.864. The minimum Gasteiger partial charge on any atom is -0.497 e. The van der Waals surface area contributed by atoms with Crippen molar-refractivity contribution in [1.29, 1.82) is 0 Å². The summed E-state index contributed by atoms with van der Waals surface area (Å²) in [5.41, 5.74) is 7.22. The van der Waals surface area contributed by atoms with Crippen molar-refractivity contribution in [2.45, 2.75) is 39.2 Å². The number of piperidine rings is 1. The molecule has 2 N–H and O–H groups in total. The van der Waals surface area contributed by atoms with Crippen molar-refractivity contribution in [3.63, 3.8) is 0 Å². The third-order valence-electron chi connectivity index (χ3n) is 5.57. The Labute approximate surface area is 149 Å². The van der Waals surface area contributed by atoms with E-state index >= 15 is 0 Å². The largest absolute Gasteiger partial charge is 0.497 e. The van der Waals surface area contributed by atoms with Crippen LogP contribution in [0.5, 0.6) is 5.75 Å². The van der Waals surface area contributed by atoms with Crippen molar-refractivity contribution in [3.05, 3.63) is 42.0 Å². The van der Waals surface area contributed by atoms with Gasteiger partial charge in [0.2, 0.25) is 5.91 Å². The number of hydrogen-bond donors (Lipinski definition) is 1. The van der Waals surface area contributed by atoms with E-state index in [1.54, 1.807) is 7.11 Å². The third kappa shape index (κ3) is 3.49. The number of methoxy groups -OCH3 is 1. The fourth-order valence-electron chi connectivity index (χ4n) is 3.62. The van der Waals surface area contributed by atoms with Crippen LogP contribution in [0.4, 0.5) is 0 Å². The maximum Gasteiger partial charge on any atom is 0.229 e. The van der Waals surface area contributed by atoms with E-state index in [4.69, 9.17) is 10.5 Å². The predicted octanol–water partition coefficient (Wildman–Crippen LogP) is 3.54. The highest BCUT2D eigenvalue weighted by Crippen LogP contribution is 2.31. The number of rotatable bonds is 3. The van der Waals surface area contributed by atoms with Gasteiger partial charge in [-0.15, -0.1) is 0 Å². The monoisotopic (exact) mass is 340 g/mol. The van der Waals surface area contributed by atoms with Gasteiger partial charge in [0.25, 0.3) is 0 Å². The second-order valence-electron chi connectivity index (χ2n) is 7.84. The van der Waals surface area contributed by atoms with E-state index in [2.05, 4.69) is 26.0 Å². The molecule has 1 aliphatic rings. The molecule has 4 heteroatoms. The Morgan fingerprint density at radius 3 is 2.60 bits per heavy atom. The SMILES string of the molecule is COc1ccc2cc(C(C)C(=O)N3CCC(N)C(C)(C)C3)ccc2c1. The molecule has 2 aromatic carbocycles. The average molecular weight is 340 g/mol. The molecule has 0 bridgehead atoms. The summed E-state index contributed by atoms with van der Waals surface area (Å²) in [6.45, 7) is 7.76. The number of fused-ring (bicyclic) bond motifs is 1. The minimum absolute atomic E-state index is 0.0342. The van der Waals surface area contributed by atoms with Crippen LogP contribution in [0.2, 0.25) is 0 Å². The lowest BCUT2D eigenvalue weighted by atomic mass is 9.79. The first-order valence-electron chi connectivity index (χ1n) is 8.94. The first-order valence-corrected chi connectivity index (χ1v) is 8.94. The van der Waals surface area contributed by atoms with Crippen LogP contribution in [0.25, 0.3) is 10.8 Å². The topological polar surface area (TPSA) is 55.6 Å². The molecule has 1 fully saturated rings. The van der Waals surface area contributed by atoms with E-state index in [1.165, 1.54) is 0 Å². The van der Waals surface area contributed by atoms with Gasteiger partial charge in [0.15, 0.2) is 0 Å². The van der Waals surface area contributed by atoms with Gasteiger partial charge in [-0.3, -0.25) is 4.79 Å². The van der Waals surface area contributed by atoms with Crippen LogP contribution in [0.3, 0.4) is 0 Å². The normalized spacial score (nSPS) is 21.2. The number of carbonyl (C=O) groups excluding carboxylic acids is 1. The molecule has 3 rings (SSSR count). The molecular formula is C21H28N2O2. The van der Waals surface area contributed by atoms with Crippen molar-refractivity contribution in [1.82, 2.24) is 4.90 Å². The maximum absolute atomic E-state index is 13.0. The van der Waals surface area contributed by atoms with E-state index in [1.807, 2.05) is 36.1 Å². The van der Waals surface area contributed by atoms with Crippen LogP contribution in [0.15, 0.2) is 36.4 Å². The van der Waals surface area contributed by atoms with E-state index < -0.39 is 0 Å². The minimum atomic E-state index is -0.156. The zero-order valence-electron chi connectivity index (χ0n) is 15.6. The highest BCUT2D eigenvalue weighted by molar-refractivity contribution is 5.88. The number of hydrogen-bond acceptors (Lipinski definition) is 3. The Balaban J connectivity index is 1.81. The number of benzene rings is 2. The van der Waals surface area contributed by atoms with Crippen molar-refractivity contribution in [2.75, 3.05) is 20.2 Å². The molecule has 0 radical (unpaired) electrons. The lowest BCUT2D eigenvalue weighted by molar-refractivity contribution is -0.135. The van der Waals surface area contributed by atoms with Gasteiger partial charge in [0, 0.05) is 19.1 Å². The zero-order chi connectivity index (χ0) is 18.2. The number of ether oxygens (including phenoxy) is 1. The Hall–Kier alpha value is -2.07. The van der Waals surface area contributed by atoms with Crippen molar-refractivity contribution in [2.24, 2.45) is 11.1 Å². The molecule has 25 heavy (non-hydrogen) atoms. The summed E-state index contributed by atoms with van der Waals surface area (Å²) < 4.78 is 5.27. The maximum atomic E-state index is 13.0. The van der Waals surface area contributed by atoms with Gasteiger partial charge in [0.1, 0.15) is 5.75 Å². The summed E-state index contributed by atoms with van der Waals surface area (Å²) in [4.78, 5) is 15.0. The van der Waals surface area contributed by atoms with Crippen molar-refractivity contribution >= 4 is 16.7 Å². The van der Waals surface area contributed by atoms with Gasteiger partial charge < -0.3 is 15.4 Å². The van der Waals surface area contributed by atoms with Crippen LogP contribution >= 0.6 is 0 Å². The van der Waals surface area contributed by atoms with Crippen LogP contribution in [0.1, 0.15) is 38.7 Å². The predicted molar refractivity (Wildman–Crippen MR) is 102 cm³/mol. The zero-order valence-corrected chi connectivity index (χ0v) is 15.6. The van der Waals surface area contributed by atoms with Gasteiger partial charge in [-0.05, 0) is 47.2 Å². The van der Waals surface area contributed by atoms with E-state index in [9.17, 15) is 4.79 Å². The Morgan fingerprint density at radius 2 is 1.92 bits per heavy atom. The van der Waals surface area contributed by atoms with Crippen molar-refractivity contribution < 1.29 is 9.53 Å². The lowest BCUT2D eigenvalue weighted by Gasteiger charge is -2.43. The number of nitrogens with two attached hydrogens (primary N) is 1. The van der Waals surface area contributed by atoms with Crippen molar-refractivity contribution in [3.8, 4) is 5.75 Å². The molecular weight excluding hydrogens is 312 g/mol. The Morgan fingerprint density at radius 1 is 1.24 bits per heavy atom. The molecule has 1 amide bonds. The first kappa shape index (κ1) is 17.7. The number of nitrogens with zero attached hydrogens (tertiary/aromatic N) is 1.